The van der Waals surface area contributed by atoms with Gasteiger partial charge >= 0.3 is 6.18 Å². The quantitative estimate of drug-likeness (QED) is 0.309. The molecule has 0 aliphatic heterocycles. The van der Waals surface area contributed by atoms with Gasteiger partial charge in [0.15, 0.2) is 6.61 Å². The van der Waals surface area contributed by atoms with Crippen molar-refractivity contribution in [3.63, 3.8) is 0 Å². The predicted octanol–water partition coefficient (Wildman–Crippen LogP) is 4.61. The Morgan fingerprint density at radius 1 is 1.11 bits per heavy atom. The third-order valence-electron chi connectivity index (χ3n) is 4.75. The molecule has 8 nitrogen and oxygen atoms in total. The van der Waals surface area contributed by atoms with Crippen LogP contribution in [0.15, 0.2) is 82.8 Å². The summed E-state index contributed by atoms with van der Waals surface area (Å²) in [6.07, 6.45) is -3.58. The van der Waals surface area contributed by atoms with Gasteiger partial charge < -0.3 is 4.74 Å². The first kappa shape index (κ1) is 27.5. The number of halogens is 4. The third kappa shape index (κ3) is 7.22. The average Bonchev–Trinajstić information content (AvgIpc) is 2.87. The molecule has 0 saturated carbocycles. The van der Waals surface area contributed by atoms with Crippen LogP contribution in [0.2, 0.25) is 5.02 Å². The first-order chi connectivity index (χ1) is 17.5. The number of nitrogens with one attached hydrogen (secondary N) is 1. The minimum atomic E-state index is -4.85. The molecule has 0 aliphatic rings. The van der Waals surface area contributed by atoms with Crippen molar-refractivity contribution in [2.45, 2.75) is 11.1 Å². The summed E-state index contributed by atoms with van der Waals surface area (Å²) in [5.74, 6) is -0.459. The molecular formula is C24H18ClF3N4O4S. The van der Waals surface area contributed by atoms with E-state index in [1.807, 2.05) is 6.07 Å². The monoisotopic (exact) mass is 550 g/mol. The molecule has 1 amide bonds. The summed E-state index contributed by atoms with van der Waals surface area (Å²) in [6.45, 7) is -0.988. The molecule has 0 unspecified atom stereocenters. The molecule has 0 atom stereocenters. The van der Waals surface area contributed by atoms with Crippen LogP contribution in [0.1, 0.15) is 11.1 Å². The van der Waals surface area contributed by atoms with Gasteiger partial charge in [0.05, 0.1) is 27.4 Å². The largest absolute Gasteiger partial charge is 0.479 e. The molecule has 0 radical (unpaired) electrons. The van der Waals surface area contributed by atoms with Crippen LogP contribution in [0.3, 0.4) is 0 Å². The molecule has 0 spiro atoms. The van der Waals surface area contributed by atoms with Crippen molar-refractivity contribution in [3.8, 4) is 11.8 Å². The Morgan fingerprint density at radius 2 is 1.78 bits per heavy atom. The maximum absolute atomic E-state index is 13.4. The molecule has 0 heterocycles. The van der Waals surface area contributed by atoms with Crippen LogP contribution in [0.25, 0.3) is 0 Å². The molecule has 0 fully saturated rings. The van der Waals surface area contributed by atoms with E-state index in [2.05, 4.69) is 10.5 Å². The molecular weight excluding hydrogens is 533 g/mol. The van der Waals surface area contributed by atoms with Crippen molar-refractivity contribution < 1.29 is 31.1 Å². The lowest BCUT2D eigenvalue weighted by Gasteiger charge is -2.24. The molecule has 192 valence electrons. The van der Waals surface area contributed by atoms with Crippen LogP contribution in [-0.2, 0) is 21.0 Å². The minimum Gasteiger partial charge on any atom is -0.479 e. The van der Waals surface area contributed by atoms with Gasteiger partial charge in [-0.15, -0.1) is 0 Å². The molecule has 3 rings (SSSR count). The zero-order valence-corrected chi connectivity index (χ0v) is 20.4. The lowest BCUT2D eigenvalue weighted by molar-refractivity contribution is -0.137. The molecule has 0 saturated heterocycles. The number of alkyl halides is 3. The van der Waals surface area contributed by atoms with Gasteiger partial charge in [-0.1, -0.05) is 29.8 Å². The SMILES string of the molecule is N#CCOc1ccc(/C=N\NC(=O)CN(c2ccc(Cl)c(C(F)(F)F)c2)S(=O)(=O)c2ccccc2)cc1. The standard InChI is InChI=1S/C24H18ClF3N4O4S/c25-22-11-8-18(14-21(22)24(26,27)28)32(37(34,35)20-4-2-1-3-5-20)16-23(33)31-30-15-17-6-9-19(10-7-17)36-13-12-29/h1-11,14-15H,13,16H2,(H,31,33)/b30-15-. The van der Waals surface area contributed by atoms with Gasteiger partial charge in [-0.25, -0.2) is 13.8 Å². The van der Waals surface area contributed by atoms with Crippen molar-refractivity contribution in [1.82, 2.24) is 5.43 Å². The van der Waals surface area contributed by atoms with Crippen molar-refractivity contribution in [3.05, 3.63) is 88.9 Å². The number of hydrogen-bond acceptors (Lipinski definition) is 6. The maximum atomic E-state index is 13.4. The van der Waals surface area contributed by atoms with Gasteiger partial charge in [-0.05, 0) is 60.2 Å². The number of carbonyl (C=O) groups excluding carboxylic acids is 1. The van der Waals surface area contributed by atoms with Crippen molar-refractivity contribution in [1.29, 1.82) is 5.26 Å². The first-order valence-electron chi connectivity index (χ1n) is 10.4. The summed E-state index contributed by atoms with van der Waals surface area (Å²) in [4.78, 5) is 12.4. The van der Waals surface area contributed by atoms with E-state index in [1.54, 1.807) is 30.3 Å². The Morgan fingerprint density at radius 3 is 2.41 bits per heavy atom. The van der Waals surface area contributed by atoms with Gasteiger partial charge in [-0.3, -0.25) is 9.10 Å². The lowest BCUT2D eigenvalue weighted by atomic mass is 10.2. The van der Waals surface area contributed by atoms with E-state index in [-0.39, 0.29) is 11.5 Å². The topological polar surface area (TPSA) is 112 Å². The minimum absolute atomic E-state index is 0.121. The van der Waals surface area contributed by atoms with Crippen molar-refractivity contribution in [2.75, 3.05) is 17.5 Å². The van der Waals surface area contributed by atoms with E-state index in [9.17, 15) is 26.4 Å². The zero-order valence-electron chi connectivity index (χ0n) is 18.8. The van der Waals surface area contributed by atoms with E-state index >= 15 is 0 Å². The Kier molecular flexibility index (Phi) is 8.75. The van der Waals surface area contributed by atoms with Crippen LogP contribution < -0.4 is 14.5 Å². The zero-order chi connectivity index (χ0) is 27.1. The highest BCUT2D eigenvalue weighted by atomic mass is 35.5. The fourth-order valence-electron chi connectivity index (χ4n) is 3.03. The number of carbonyl (C=O) groups is 1. The highest BCUT2D eigenvalue weighted by Crippen LogP contribution is 2.38. The van der Waals surface area contributed by atoms with E-state index < -0.39 is 44.9 Å². The number of ether oxygens (including phenoxy) is 1. The van der Waals surface area contributed by atoms with Crippen LogP contribution in [0.5, 0.6) is 5.75 Å². The van der Waals surface area contributed by atoms with Crippen LogP contribution in [-0.4, -0.2) is 33.7 Å². The average molecular weight is 551 g/mol. The maximum Gasteiger partial charge on any atom is 0.417 e. The molecule has 3 aromatic rings. The number of nitrogens with zero attached hydrogens (tertiary/aromatic N) is 3. The van der Waals surface area contributed by atoms with E-state index in [1.165, 1.54) is 30.5 Å². The van der Waals surface area contributed by atoms with Crippen LogP contribution >= 0.6 is 11.6 Å². The predicted molar refractivity (Wildman–Crippen MR) is 131 cm³/mol. The second-order valence-electron chi connectivity index (χ2n) is 7.30. The second-order valence-corrected chi connectivity index (χ2v) is 9.57. The number of anilines is 1. The highest BCUT2D eigenvalue weighted by Gasteiger charge is 2.35. The second kappa shape index (κ2) is 11.8. The van der Waals surface area contributed by atoms with E-state index in [0.717, 1.165) is 12.1 Å². The molecule has 0 bridgehead atoms. The van der Waals surface area contributed by atoms with Gasteiger partial charge in [0, 0.05) is 0 Å². The summed E-state index contributed by atoms with van der Waals surface area (Å²) in [5.41, 5.74) is 1.05. The highest BCUT2D eigenvalue weighted by molar-refractivity contribution is 7.92. The summed E-state index contributed by atoms with van der Waals surface area (Å²) >= 11 is 5.68. The molecule has 1 N–H and O–H groups in total. The van der Waals surface area contributed by atoms with Crippen LogP contribution in [0.4, 0.5) is 18.9 Å². The summed E-state index contributed by atoms with van der Waals surface area (Å²) in [5, 5.41) is 11.7. The van der Waals surface area contributed by atoms with Gasteiger partial charge in [0.25, 0.3) is 15.9 Å². The number of nitriles is 1. The number of sulfonamides is 1. The van der Waals surface area contributed by atoms with Crippen LogP contribution in [0, 0.1) is 11.3 Å². The molecule has 0 aromatic heterocycles. The van der Waals surface area contributed by atoms with E-state index in [4.69, 9.17) is 21.6 Å². The Balaban J connectivity index is 1.85. The Labute approximate surface area is 215 Å². The van der Waals surface area contributed by atoms with E-state index in [0.29, 0.717) is 21.7 Å². The third-order valence-corrected chi connectivity index (χ3v) is 6.87. The van der Waals surface area contributed by atoms with Gasteiger partial charge in [0.2, 0.25) is 0 Å². The molecule has 13 heteroatoms. The van der Waals surface area contributed by atoms with Crippen molar-refractivity contribution >= 4 is 39.4 Å². The summed E-state index contributed by atoms with van der Waals surface area (Å²) in [6, 6.07) is 17.7. The molecule has 37 heavy (non-hydrogen) atoms. The summed E-state index contributed by atoms with van der Waals surface area (Å²) in [7, 11) is -4.44. The molecule has 3 aromatic carbocycles. The van der Waals surface area contributed by atoms with Gasteiger partial charge in [0.1, 0.15) is 18.4 Å². The Bertz CT molecular complexity index is 1430. The molecule has 0 aliphatic carbocycles. The number of hydrogen-bond donors (Lipinski definition) is 1. The fourth-order valence-corrected chi connectivity index (χ4v) is 4.69. The lowest BCUT2D eigenvalue weighted by Crippen LogP contribution is -2.39. The Hall–Kier alpha value is -4.08. The van der Waals surface area contributed by atoms with Gasteiger partial charge in [-0.2, -0.15) is 23.5 Å². The normalized spacial score (nSPS) is 11.6. The fraction of sp³-hybridized carbons (Fsp3) is 0.125. The van der Waals surface area contributed by atoms with Crippen molar-refractivity contribution in [2.24, 2.45) is 5.10 Å². The number of amides is 1. The smallest absolute Gasteiger partial charge is 0.417 e. The number of rotatable bonds is 9. The number of hydrazone groups is 1. The number of benzene rings is 3. The first-order valence-corrected chi connectivity index (χ1v) is 12.2. The summed E-state index contributed by atoms with van der Waals surface area (Å²) < 4.78 is 72.5.